The molecule has 4 nitrogen and oxygen atoms in total. The molecular weight excluding hydrogens is 286 g/mol. The molecule has 2 aromatic rings. The molecule has 0 aliphatic carbocycles. The lowest BCUT2D eigenvalue weighted by Crippen LogP contribution is -2.26. The molecule has 0 aliphatic heterocycles. The van der Waals surface area contributed by atoms with Crippen molar-refractivity contribution in [3.05, 3.63) is 59.7 Å². The zero-order valence-corrected chi connectivity index (χ0v) is 13.0. The van der Waals surface area contributed by atoms with Crippen molar-refractivity contribution in [2.75, 3.05) is 13.7 Å². The van der Waals surface area contributed by atoms with Crippen LogP contribution in [-0.2, 0) is 16.4 Å². The van der Waals surface area contributed by atoms with E-state index in [9.17, 15) is 8.42 Å². The van der Waals surface area contributed by atoms with Crippen LogP contribution < -0.4 is 9.46 Å². The van der Waals surface area contributed by atoms with E-state index in [1.54, 1.807) is 25.3 Å². The Hall–Kier alpha value is -1.85. The van der Waals surface area contributed by atoms with Crippen LogP contribution in [0.2, 0.25) is 0 Å². The van der Waals surface area contributed by atoms with E-state index in [0.717, 1.165) is 11.1 Å². The molecule has 0 saturated heterocycles. The molecule has 0 bridgehead atoms. The molecule has 0 aromatic heterocycles. The highest BCUT2D eigenvalue weighted by molar-refractivity contribution is 7.89. The van der Waals surface area contributed by atoms with Crippen LogP contribution in [0.25, 0.3) is 0 Å². The van der Waals surface area contributed by atoms with Crippen molar-refractivity contribution in [1.29, 1.82) is 0 Å². The van der Waals surface area contributed by atoms with Gasteiger partial charge in [0.05, 0.1) is 12.0 Å². The van der Waals surface area contributed by atoms with Crippen molar-refractivity contribution in [3.63, 3.8) is 0 Å². The van der Waals surface area contributed by atoms with Gasteiger partial charge in [-0.1, -0.05) is 30.3 Å². The first-order valence-electron chi connectivity index (χ1n) is 6.71. The van der Waals surface area contributed by atoms with Crippen molar-refractivity contribution in [2.45, 2.75) is 18.2 Å². The van der Waals surface area contributed by atoms with Gasteiger partial charge < -0.3 is 4.74 Å². The third kappa shape index (κ3) is 4.06. The van der Waals surface area contributed by atoms with Crippen molar-refractivity contribution in [2.24, 2.45) is 0 Å². The minimum atomic E-state index is -3.48. The minimum absolute atomic E-state index is 0.258. The second kappa shape index (κ2) is 6.74. The smallest absolute Gasteiger partial charge is 0.240 e. The highest BCUT2D eigenvalue weighted by atomic mass is 32.2. The van der Waals surface area contributed by atoms with Crippen LogP contribution in [0.1, 0.15) is 11.1 Å². The molecule has 2 aromatic carbocycles. The molecule has 0 atom stereocenters. The predicted molar refractivity (Wildman–Crippen MR) is 83.1 cm³/mol. The normalized spacial score (nSPS) is 11.3. The van der Waals surface area contributed by atoms with Gasteiger partial charge in [-0.25, -0.2) is 13.1 Å². The van der Waals surface area contributed by atoms with E-state index in [-0.39, 0.29) is 4.90 Å². The summed E-state index contributed by atoms with van der Waals surface area (Å²) in [5.41, 5.74) is 1.90. The third-order valence-electron chi connectivity index (χ3n) is 3.23. The van der Waals surface area contributed by atoms with Crippen molar-refractivity contribution in [3.8, 4) is 5.75 Å². The third-order valence-corrected chi connectivity index (χ3v) is 4.68. The molecule has 0 heterocycles. The number of hydrogen-bond donors (Lipinski definition) is 1. The Bertz CT molecular complexity index is 697. The number of hydrogen-bond acceptors (Lipinski definition) is 3. The van der Waals surface area contributed by atoms with E-state index < -0.39 is 10.0 Å². The summed E-state index contributed by atoms with van der Waals surface area (Å²) in [7, 11) is -1.92. The number of ether oxygens (including phenoxy) is 1. The molecule has 0 spiro atoms. The van der Waals surface area contributed by atoms with Gasteiger partial charge in [-0.3, -0.25) is 0 Å². The monoisotopic (exact) mass is 305 g/mol. The summed E-state index contributed by atoms with van der Waals surface area (Å²) in [5, 5.41) is 0. The fraction of sp³-hybridized carbons (Fsp3) is 0.250. The Morgan fingerprint density at radius 3 is 2.43 bits per heavy atom. The summed E-state index contributed by atoms with van der Waals surface area (Å²) >= 11 is 0. The van der Waals surface area contributed by atoms with Gasteiger partial charge in [0.25, 0.3) is 0 Å². The average molecular weight is 305 g/mol. The van der Waals surface area contributed by atoms with Gasteiger partial charge in [0.2, 0.25) is 10.0 Å². The minimum Gasteiger partial charge on any atom is -0.496 e. The average Bonchev–Trinajstić information content (AvgIpc) is 2.48. The van der Waals surface area contributed by atoms with Gasteiger partial charge in [0.15, 0.2) is 0 Å². The molecular formula is C16H19NO3S. The number of rotatable bonds is 6. The lowest BCUT2D eigenvalue weighted by molar-refractivity contribution is 0.411. The Kier molecular flexibility index (Phi) is 4.98. The maximum Gasteiger partial charge on any atom is 0.240 e. The summed E-state index contributed by atoms with van der Waals surface area (Å²) in [6.45, 7) is 2.19. The number of aryl methyl sites for hydroxylation is 1. The first kappa shape index (κ1) is 15.5. The van der Waals surface area contributed by atoms with Gasteiger partial charge in [0, 0.05) is 6.54 Å². The van der Waals surface area contributed by atoms with Crippen LogP contribution in [0.3, 0.4) is 0 Å². The van der Waals surface area contributed by atoms with Crippen molar-refractivity contribution >= 4 is 10.0 Å². The molecule has 0 aliphatic rings. The first-order chi connectivity index (χ1) is 10.0. The molecule has 0 saturated carbocycles. The molecule has 0 unspecified atom stereocenters. The van der Waals surface area contributed by atoms with Gasteiger partial charge in [-0.15, -0.1) is 0 Å². The van der Waals surface area contributed by atoms with Crippen molar-refractivity contribution < 1.29 is 13.2 Å². The van der Waals surface area contributed by atoms with E-state index in [1.165, 1.54) is 0 Å². The molecule has 2 rings (SSSR count). The number of nitrogens with one attached hydrogen (secondary N) is 1. The fourth-order valence-electron chi connectivity index (χ4n) is 2.08. The molecule has 1 N–H and O–H groups in total. The Balaban J connectivity index is 2.03. The van der Waals surface area contributed by atoms with Gasteiger partial charge in [0.1, 0.15) is 5.75 Å². The van der Waals surface area contributed by atoms with Crippen LogP contribution in [0, 0.1) is 6.92 Å². The summed E-state index contributed by atoms with van der Waals surface area (Å²) in [5.74, 6) is 0.679. The Morgan fingerprint density at radius 2 is 1.81 bits per heavy atom. The van der Waals surface area contributed by atoms with Gasteiger partial charge in [-0.2, -0.15) is 0 Å². The number of benzene rings is 2. The predicted octanol–water partition coefficient (Wildman–Crippen LogP) is 2.52. The van der Waals surface area contributed by atoms with Gasteiger partial charge in [-0.05, 0) is 42.7 Å². The lowest BCUT2D eigenvalue weighted by atomic mass is 10.2. The van der Waals surface area contributed by atoms with E-state index in [0.29, 0.717) is 18.7 Å². The van der Waals surface area contributed by atoms with Crippen LogP contribution in [-0.4, -0.2) is 22.1 Å². The maximum absolute atomic E-state index is 12.2. The number of sulfonamides is 1. The molecule has 5 heteroatoms. The van der Waals surface area contributed by atoms with Gasteiger partial charge >= 0.3 is 0 Å². The summed E-state index contributed by atoms with van der Waals surface area (Å²) in [6, 6.07) is 14.6. The standard InChI is InChI=1S/C16H19NO3S/c1-13-12-15(8-9-16(13)20-2)21(18,19)17-11-10-14-6-4-3-5-7-14/h3-9,12,17H,10-11H2,1-2H3. The zero-order valence-electron chi connectivity index (χ0n) is 12.2. The molecule has 0 fully saturated rings. The van der Waals surface area contributed by atoms with Crippen LogP contribution in [0.4, 0.5) is 0 Å². The summed E-state index contributed by atoms with van der Waals surface area (Å²) < 4.78 is 32.2. The summed E-state index contributed by atoms with van der Waals surface area (Å²) in [6.07, 6.45) is 0.662. The largest absolute Gasteiger partial charge is 0.496 e. The highest BCUT2D eigenvalue weighted by Crippen LogP contribution is 2.21. The molecule has 21 heavy (non-hydrogen) atoms. The Labute approximate surface area is 125 Å². The number of methoxy groups -OCH3 is 1. The quantitative estimate of drug-likeness (QED) is 0.892. The van der Waals surface area contributed by atoms with Crippen LogP contribution in [0.15, 0.2) is 53.4 Å². The Morgan fingerprint density at radius 1 is 1.10 bits per heavy atom. The highest BCUT2D eigenvalue weighted by Gasteiger charge is 2.14. The maximum atomic E-state index is 12.2. The second-order valence-corrected chi connectivity index (χ2v) is 6.53. The molecule has 0 amide bonds. The molecule has 0 radical (unpaired) electrons. The van der Waals surface area contributed by atoms with Crippen molar-refractivity contribution in [1.82, 2.24) is 4.72 Å². The van der Waals surface area contributed by atoms with E-state index in [1.807, 2.05) is 37.3 Å². The second-order valence-electron chi connectivity index (χ2n) is 4.76. The SMILES string of the molecule is COc1ccc(S(=O)(=O)NCCc2ccccc2)cc1C. The fourth-order valence-corrected chi connectivity index (χ4v) is 3.19. The topological polar surface area (TPSA) is 55.4 Å². The molecule has 112 valence electrons. The van der Waals surface area contributed by atoms with E-state index in [2.05, 4.69) is 4.72 Å². The van der Waals surface area contributed by atoms with Crippen LogP contribution in [0.5, 0.6) is 5.75 Å². The van der Waals surface area contributed by atoms with E-state index >= 15 is 0 Å². The van der Waals surface area contributed by atoms with E-state index in [4.69, 9.17) is 4.74 Å². The first-order valence-corrected chi connectivity index (χ1v) is 8.19. The zero-order chi connectivity index (χ0) is 15.3. The van der Waals surface area contributed by atoms with Crippen LogP contribution >= 0.6 is 0 Å². The lowest BCUT2D eigenvalue weighted by Gasteiger charge is -2.09. The summed E-state index contributed by atoms with van der Waals surface area (Å²) in [4.78, 5) is 0.258.